The lowest BCUT2D eigenvalue weighted by Crippen LogP contribution is -2.37. The van der Waals surface area contributed by atoms with Crippen LogP contribution in [0.15, 0.2) is 24.3 Å². The molecule has 1 unspecified atom stereocenters. The molecule has 312 valence electrons. The van der Waals surface area contributed by atoms with E-state index in [0.29, 0.717) is 12.2 Å². The maximum Gasteiger partial charge on any atom is 0.220 e. The molecule has 53 heavy (non-hydrogen) atoms. The van der Waals surface area contributed by atoms with Crippen LogP contribution in [0.1, 0.15) is 264 Å². The number of allylic oxidation sites excluding steroid dienone is 4. The predicted molar refractivity (Wildman–Crippen MR) is 234 cm³/mol. The summed E-state index contributed by atoms with van der Waals surface area (Å²) in [5, 5.41) is 12.8. The maximum atomic E-state index is 12.4. The van der Waals surface area contributed by atoms with Crippen molar-refractivity contribution in [3.63, 3.8) is 0 Å². The number of Topliss-reactive ketones (excluding diaryl/α,β-unsaturated/α-hetero) is 1. The van der Waals surface area contributed by atoms with Gasteiger partial charge in [0.05, 0.1) is 12.6 Å². The second-order valence-electron chi connectivity index (χ2n) is 16.4. The maximum absolute atomic E-state index is 12.4. The first-order chi connectivity index (χ1) is 26.1. The van der Waals surface area contributed by atoms with Gasteiger partial charge in [-0.2, -0.15) is 0 Å². The zero-order valence-electron chi connectivity index (χ0n) is 35.9. The third kappa shape index (κ3) is 43.2. The van der Waals surface area contributed by atoms with Gasteiger partial charge >= 0.3 is 0 Å². The normalized spacial score (nSPS) is 12.4. The van der Waals surface area contributed by atoms with Crippen molar-refractivity contribution in [3.8, 4) is 0 Å². The highest BCUT2D eigenvalue weighted by Crippen LogP contribution is 2.16. The molecule has 0 aliphatic carbocycles. The summed E-state index contributed by atoms with van der Waals surface area (Å²) < 4.78 is 0. The molecule has 0 bridgehead atoms. The minimum atomic E-state index is -0.0821. The highest BCUT2D eigenvalue weighted by molar-refractivity contribution is 5.78. The molecule has 0 aliphatic heterocycles. The lowest BCUT2D eigenvalue weighted by molar-refractivity contribution is -0.122. The number of ketones is 1. The number of unbranched alkanes of at least 4 members (excludes halogenated alkanes) is 30. The molecule has 0 heterocycles. The molecule has 0 radical (unpaired) electrons. The Kier molecular flexibility index (Phi) is 43.8. The van der Waals surface area contributed by atoms with Crippen LogP contribution in [-0.4, -0.2) is 29.4 Å². The second-order valence-corrected chi connectivity index (χ2v) is 16.4. The molecule has 0 aromatic heterocycles. The lowest BCUT2D eigenvalue weighted by atomic mass is 10.0. The van der Waals surface area contributed by atoms with Crippen LogP contribution in [0.25, 0.3) is 0 Å². The van der Waals surface area contributed by atoms with E-state index in [1.54, 1.807) is 0 Å². The lowest BCUT2D eigenvalue weighted by Gasteiger charge is -2.16. The fraction of sp³-hybridized carbons (Fsp3) is 0.878. The molecule has 0 aromatic rings. The van der Waals surface area contributed by atoms with E-state index in [9.17, 15) is 14.7 Å². The first-order valence-electron chi connectivity index (χ1n) is 23.9. The van der Waals surface area contributed by atoms with Crippen LogP contribution < -0.4 is 5.32 Å². The molecular formula is C49H93NO3. The van der Waals surface area contributed by atoms with Gasteiger partial charge in [-0.1, -0.05) is 212 Å². The van der Waals surface area contributed by atoms with Crippen molar-refractivity contribution < 1.29 is 14.7 Å². The summed E-state index contributed by atoms with van der Waals surface area (Å²) in [6, 6.07) is -0.0821. The number of carbonyl (C=O) groups is 2. The predicted octanol–water partition coefficient (Wildman–Crippen LogP) is 15.4. The van der Waals surface area contributed by atoms with Gasteiger partial charge in [0.1, 0.15) is 5.78 Å². The number of amides is 1. The van der Waals surface area contributed by atoms with E-state index in [4.69, 9.17) is 0 Å². The van der Waals surface area contributed by atoms with Crippen molar-refractivity contribution in [1.29, 1.82) is 0 Å². The van der Waals surface area contributed by atoms with E-state index in [0.717, 1.165) is 64.2 Å². The minimum Gasteiger partial charge on any atom is -0.394 e. The van der Waals surface area contributed by atoms with Gasteiger partial charge in [0, 0.05) is 19.3 Å². The standard InChI is InChI=1S/C49H93NO3/c1-3-5-7-9-11-13-15-17-19-21-22-24-26-30-34-38-42-47(46-51)50-49(53)45-41-37-33-29-28-32-36-40-44-48(52)43-39-35-31-27-25-23-20-18-16-14-12-10-8-6-4-2/h12,14,18,20,47,51H,3-11,13,15-17,19,21-46H2,1-2H3,(H,50,53). The fourth-order valence-corrected chi connectivity index (χ4v) is 7.37. The molecule has 0 aliphatic rings. The number of hydrogen-bond donors (Lipinski definition) is 2. The molecule has 4 nitrogen and oxygen atoms in total. The van der Waals surface area contributed by atoms with Gasteiger partial charge in [-0.25, -0.2) is 0 Å². The van der Waals surface area contributed by atoms with E-state index >= 15 is 0 Å². The van der Waals surface area contributed by atoms with Crippen molar-refractivity contribution >= 4 is 11.7 Å². The van der Waals surface area contributed by atoms with Crippen molar-refractivity contribution in [2.75, 3.05) is 6.61 Å². The number of rotatable bonds is 44. The van der Waals surface area contributed by atoms with Crippen LogP contribution in [0.2, 0.25) is 0 Å². The Morgan fingerprint density at radius 2 is 0.774 bits per heavy atom. The zero-order valence-corrected chi connectivity index (χ0v) is 35.9. The number of nitrogens with one attached hydrogen (secondary N) is 1. The van der Waals surface area contributed by atoms with Crippen LogP contribution in [0.5, 0.6) is 0 Å². The SMILES string of the molecule is CCCCCC=CCC=CCCCCCCCC(=O)CCCCCCCCCCC(=O)NC(CO)CCCCCCCCCCCCCCCCCC. The van der Waals surface area contributed by atoms with Crippen LogP contribution in [0.3, 0.4) is 0 Å². The Morgan fingerprint density at radius 3 is 1.21 bits per heavy atom. The first kappa shape index (κ1) is 51.6. The first-order valence-corrected chi connectivity index (χ1v) is 23.9. The summed E-state index contributed by atoms with van der Waals surface area (Å²) >= 11 is 0. The average molecular weight is 744 g/mol. The van der Waals surface area contributed by atoms with Crippen molar-refractivity contribution in [2.45, 2.75) is 270 Å². The Labute approximate surface area is 332 Å². The van der Waals surface area contributed by atoms with Crippen LogP contribution in [0.4, 0.5) is 0 Å². The molecule has 0 saturated heterocycles. The third-order valence-corrected chi connectivity index (χ3v) is 11.0. The van der Waals surface area contributed by atoms with E-state index in [1.807, 2.05) is 0 Å². The summed E-state index contributed by atoms with van der Waals surface area (Å²) in [6.07, 6.45) is 56.7. The van der Waals surface area contributed by atoms with E-state index in [-0.39, 0.29) is 18.6 Å². The van der Waals surface area contributed by atoms with Gasteiger partial charge in [0.2, 0.25) is 5.91 Å². The number of aliphatic hydroxyl groups is 1. The Morgan fingerprint density at radius 1 is 0.434 bits per heavy atom. The van der Waals surface area contributed by atoms with Gasteiger partial charge < -0.3 is 10.4 Å². The Bertz CT molecular complexity index is 806. The highest BCUT2D eigenvalue weighted by atomic mass is 16.3. The average Bonchev–Trinajstić information content (AvgIpc) is 3.16. The zero-order chi connectivity index (χ0) is 38.6. The molecule has 0 spiro atoms. The second kappa shape index (κ2) is 45.0. The van der Waals surface area contributed by atoms with Crippen molar-refractivity contribution in [3.05, 3.63) is 24.3 Å². The summed E-state index contributed by atoms with van der Waals surface area (Å²) in [5.41, 5.74) is 0. The van der Waals surface area contributed by atoms with Gasteiger partial charge in [0.15, 0.2) is 0 Å². The summed E-state index contributed by atoms with van der Waals surface area (Å²) in [6.45, 7) is 4.59. The monoisotopic (exact) mass is 744 g/mol. The molecular weight excluding hydrogens is 651 g/mol. The van der Waals surface area contributed by atoms with Gasteiger partial charge in [-0.15, -0.1) is 0 Å². The number of aliphatic hydroxyl groups excluding tert-OH is 1. The number of carbonyl (C=O) groups excluding carboxylic acids is 2. The van der Waals surface area contributed by atoms with Crippen LogP contribution in [0, 0.1) is 0 Å². The third-order valence-electron chi connectivity index (χ3n) is 11.0. The molecule has 1 atom stereocenters. The fourth-order valence-electron chi connectivity index (χ4n) is 7.37. The molecule has 0 fully saturated rings. The van der Waals surface area contributed by atoms with Crippen molar-refractivity contribution in [1.82, 2.24) is 5.32 Å². The summed E-state index contributed by atoms with van der Waals surface area (Å²) in [4.78, 5) is 24.6. The molecule has 0 aromatic carbocycles. The molecule has 1 amide bonds. The highest BCUT2D eigenvalue weighted by Gasteiger charge is 2.11. The topological polar surface area (TPSA) is 66.4 Å². The minimum absolute atomic E-state index is 0.0479. The van der Waals surface area contributed by atoms with Crippen LogP contribution >= 0.6 is 0 Å². The van der Waals surface area contributed by atoms with Gasteiger partial charge in [-0.05, 0) is 57.8 Å². The molecule has 0 saturated carbocycles. The Balaban J connectivity index is 3.44. The van der Waals surface area contributed by atoms with E-state index in [2.05, 4.69) is 43.5 Å². The smallest absolute Gasteiger partial charge is 0.220 e. The van der Waals surface area contributed by atoms with Crippen LogP contribution in [-0.2, 0) is 9.59 Å². The molecule has 2 N–H and O–H groups in total. The molecule has 4 heteroatoms. The summed E-state index contributed by atoms with van der Waals surface area (Å²) in [5.74, 6) is 0.562. The quantitative estimate of drug-likeness (QED) is 0.0482. The van der Waals surface area contributed by atoms with Gasteiger partial charge in [0.25, 0.3) is 0 Å². The van der Waals surface area contributed by atoms with E-state index in [1.165, 1.54) is 180 Å². The van der Waals surface area contributed by atoms with E-state index < -0.39 is 0 Å². The van der Waals surface area contributed by atoms with Crippen molar-refractivity contribution in [2.24, 2.45) is 0 Å². The Hall–Kier alpha value is -1.42. The van der Waals surface area contributed by atoms with Gasteiger partial charge in [-0.3, -0.25) is 9.59 Å². The summed E-state index contributed by atoms with van der Waals surface area (Å²) in [7, 11) is 0. The molecule has 0 rings (SSSR count). The largest absolute Gasteiger partial charge is 0.394 e. The number of hydrogen-bond acceptors (Lipinski definition) is 3.